The zero-order valence-electron chi connectivity index (χ0n) is 13.5. The molecule has 1 aliphatic carbocycles. The number of aromatic nitrogens is 1. The molecular weight excluding hydrogens is 320 g/mol. The third-order valence-electron chi connectivity index (χ3n) is 4.99. The minimum atomic E-state index is -0.858. The molecule has 126 valence electrons. The lowest BCUT2D eigenvalue weighted by molar-refractivity contribution is -0.175. The number of hydrogen-bond acceptors (Lipinski definition) is 5. The number of hydroxylamine groups is 2. The van der Waals surface area contributed by atoms with Crippen molar-refractivity contribution in [2.45, 2.75) is 31.1 Å². The van der Waals surface area contributed by atoms with Crippen molar-refractivity contribution in [1.82, 2.24) is 10.0 Å². The first-order valence-corrected chi connectivity index (χ1v) is 8.24. The third-order valence-corrected chi connectivity index (χ3v) is 4.99. The maximum atomic E-state index is 13.0. The fourth-order valence-electron chi connectivity index (χ4n) is 3.66. The standard InChI is InChI=1S/C19H16N2O4/c22-16-14-7-1-2-8-15(14)17(23)21(16)25-18(24)19(9-3-4-10-19)13-6-5-11-20-12-13/h1-2,5-8,11-12H,3-4,9-10H2. The van der Waals surface area contributed by atoms with E-state index in [-0.39, 0.29) is 11.1 Å². The monoisotopic (exact) mass is 336 g/mol. The lowest BCUT2D eigenvalue weighted by Gasteiger charge is -2.27. The second-order valence-electron chi connectivity index (χ2n) is 6.36. The molecule has 0 bridgehead atoms. The fourth-order valence-corrected chi connectivity index (χ4v) is 3.66. The van der Waals surface area contributed by atoms with Gasteiger partial charge in [0.2, 0.25) is 0 Å². The van der Waals surface area contributed by atoms with E-state index in [1.165, 1.54) is 0 Å². The molecule has 1 aromatic heterocycles. The number of rotatable bonds is 3. The van der Waals surface area contributed by atoms with Gasteiger partial charge in [-0.15, -0.1) is 0 Å². The Morgan fingerprint density at radius 1 is 1.00 bits per heavy atom. The van der Waals surface area contributed by atoms with Crippen molar-refractivity contribution < 1.29 is 19.2 Å². The molecule has 0 spiro atoms. The summed E-state index contributed by atoms with van der Waals surface area (Å²) < 4.78 is 0. The normalized spacial score (nSPS) is 18.3. The number of fused-ring (bicyclic) bond motifs is 1. The van der Waals surface area contributed by atoms with Crippen LogP contribution in [-0.2, 0) is 15.0 Å². The molecule has 1 fully saturated rings. The molecule has 25 heavy (non-hydrogen) atoms. The van der Waals surface area contributed by atoms with E-state index < -0.39 is 23.2 Å². The number of pyridine rings is 1. The predicted octanol–water partition coefficient (Wildman–Crippen LogP) is 2.65. The summed E-state index contributed by atoms with van der Waals surface area (Å²) in [5.41, 5.74) is 0.405. The Hall–Kier alpha value is -3.02. The van der Waals surface area contributed by atoms with Crippen molar-refractivity contribution in [2.24, 2.45) is 0 Å². The van der Waals surface area contributed by atoms with Gasteiger partial charge in [-0.3, -0.25) is 14.6 Å². The summed E-state index contributed by atoms with van der Waals surface area (Å²) in [6.07, 6.45) is 6.27. The molecule has 0 unspecified atom stereocenters. The van der Waals surface area contributed by atoms with E-state index in [9.17, 15) is 14.4 Å². The SMILES string of the molecule is O=C1c2ccccc2C(=O)N1OC(=O)C1(c2cccnc2)CCCC1. The van der Waals surface area contributed by atoms with Crippen LogP contribution in [0.2, 0.25) is 0 Å². The number of imide groups is 1. The highest BCUT2D eigenvalue weighted by molar-refractivity contribution is 6.21. The van der Waals surface area contributed by atoms with Crippen LogP contribution in [0.5, 0.6) is 0 Å². The van der Waals surface area contributed by atoms with Crippen molar-refractivity contribution in [3.05, 3.63) is 65.5 Å². The predicted molar refractivity (Wildman–Crippen MR) is 87.4 cm³/mol. The van der Waals surface area contributed by atoms with E-state index in [1.54, 1.807) is 42.7 Å². The van der Waals surface area contributed by atoms with Gasteiger partial charge in [-0.1, -0.05) is 36.1 Å². The molecule has 4 rings (SSSR count). The number of nitrogens with zero attached hydrogens (tertiary/aromatic N) is 2. The molecule has 6 heteroatoms. The average molecular weight is 336 g/mol. The maximum Gasteiger partial charge on any atom is 0.343 e. The van der Waals surface area contributed by atoms with Crippen LogP contribution in [-0.4, -0.2) is 27.8 Å². The van der Waals surface area contributed by atoms with Crippen molar-refractivity contribution in [3.8, 4) is 0 Å². The molecule has 2 amide bonds. The molecule has 0 saturated heterocycles. The van der Waals surface area contributed by atoms with Crippen molar-refractivity contribution in [3.63, 3.8) is 0 Å². The van der Waals surface area contributed by atoms with E-state index in [0.717, 1.165) is 18.4 Å². The molecule has 1 aromatic carbocycles. The first-order chi connectivity index (χ1) is 12.1. The maximum absolute atomic E-state index is 13.0. The van der Waals surface area contributed by atoms with Crippen LogP contribution in [0.4, 0.5) is 0 Å². The Kier molecular flexibility index (Phi) is 3.60. The molecule has 1 aliphatic heterocycles. The Labute approximate surface area is 144 Å². The van der Waals surface area contributed by atoms with Gasteiger partial charge in [0.05, 0.1) is 16.5 Å². The quantitative estimate of drug-likeness (QED) is 0.805. The topological polar surface area (TPSA) is 76.6 Å². The van der Waals surface area contributed by atoms with E-state index in [1.807, 2.05) is 6.07 Å². The van der Waals surface area contributed by atoms with Gasteiger partial charge >= 0.3 is 5.97 Å². The lowest BCUT2D eigenvalue weighted by atomic mass is 9.80. The smallest absolute Gasteiger partial charge is 0.329 e. The summed E-state index contributed by atoms with van der Waals surface area (Å²) in [5, 5.41) is 0.587. The van der Waals surface area contributed by atoms with Gasteiger partial charge in [-0.05, 0) is 36.6 Å². The first-order valence-electron chi connectivity index (χ1n) is 8.24. The summed E-state index contributed by atoms with van der Waals surface area (Å²) in [5.74, 6) is -1.78. The van der Waals surface area contributed by atoms with Gasteiger partial charge in [0.25, 0.3) is 11.8 Å². The Morgan fingerprint density at radius 3 is 2.20 bits per heavy atom. The van der Waals surface area contributed by atoms with E-state index >= 15 is 0 Å². The minimum absolute atomic E-state index is 0.252. The Bertz CT molecular complexity index is 822. The molecule has 0 N–H and O–H groups in total. The number of carbonyl (C=O) groups is 3. The molecule has 2 heterocycles. The highest BCUT2D eigenvalue weighted by Gasteiger charge is 2.48. The van der Waals surface area contributed by atoms with Crippen LogP contribution < -0.4 is 0 Å². The van der Waals surface area contributed by atoms with Crippen LogP contribution in [0.3, 0.4) is 0 Å². The molecular formula is C19H16N2O4. The van der Waals surface area contributed by atoms with Crippen molar-refractivity contribution in [1.29, 1.82) is 0 Å². The third kappa shape index (κ3) is 2.33. The van der Waals surface area contributed by atoms with Gasteiger partial charge in [-0.2, -0.15) is 0 Å². The number of benzene rings is 1. The Balaban J connectivity index is 1.64. The molecule has 1 saturated carbocycles. The van der Waals surface area contributed by atoms with Crippen LogP contribution in [0.1, 0.15) is 52.0 Å². The largest absolute Gasteiger partial charge is 0.343 e. The molecule has 6 nitrogen and oxygen atoms in total. The van der Waals surface area contributed by atoms with E-state index in [0.29, 0.717) is 17.9 Å². The fraction of sp³-hybridized carbons (Fsp3) is 0.263. The second-order valence-corrected chi connectivity index (χ2v) is 6.36. The number of hydrogen-bond donors (Lipinski definition) is 0. The zero-order chi connectivity index (χ0) is 17.4. The van der Waals surface area contributed by atoms with Gasteiger partial charge in [-0.25, -0.2) is 4.79 Å². The number of carbonyl (C=O) groups excluding carboxylic acids is 3. The van der Waals surface area contributed by atoms with Crippen LogP contribution in [0, 0.1) is 0 Å². The molecule has 2 aliphatic rings. The first kappa shape index (κ1) is 15.5. The van der Waals surface area contributed by atoms with Gasteiger partial charge in [0, 0.05) is 12.4 Å². The summed E-state index contributed by atoms with van der Waals surface area (Å²) in [6.45, 7) is 0. The van der Waals surface area contributed by atoms with Crippen LogP contribution in [0.15, 0.2) is 48.8 Å². The molecule has 2 aromatic rings. The summed E-state index contributed by atoms with van der Waals surface area (Å²) in [6, 6.07) is 10.0. The summed E-state index contributed by atoms with van der Waals surface area (Å²) in [4.78, 5) is 47.2. The molecule has 0 atom stereocenters. The highest BCUT2D eigenvalue weighted by Crippen LogP contribution is 2.42. The average Bonchev–Trinajstić information content (AvgIpc) is 3.24. The van der Waals surface area contributed by atoms with E-state index in [4.69, 9.17) is 4.84 Å². The van der Waals surface area contributed by atoms with Gasteiger partial charge in [0.15, 0.2) is 0 Å². The summed E-state index contributed by atoms with van der Waals surface area (Å²) >= 11 is 0. The second kappa shape index (κ2) is 5.81. The van der Waals surface area contributed by atoms with Crippen molar-refractivity contribution >= 4 is 17.8 Å². The highest BCUT2D eigenvalue weighted by atomic mass is 16.7. The van der Waals surface area contributed by atoms with E-state index in [2.05, 4.69) is 4.98 Å². The molecule has 0 radical (unpaired) electrons. The van der Waals surface area contributed by atoms with Crippen LogP contribution >= 0.6 is 0 Å². The van der Waals surface area contributed by atoms with Gasteiger partial charge < -0.3 is 4.84 Å². The van der Waals surface area contributed by atoms with Crippen molar-refractivity contribution in [2.75, 3.05) is 0 Å². The lowest BCUT2D eigenvalue weighted by Crippen LogP contribution is -2.42. The number of amides is 2. The summed E-state index contributed by atoms with van der Waals surface area (Å²) in [7, 11) is 0. The minimum Gasteiger partial charge on any atom is -0.329 e. The zero-order valence-corrected chi connectivity index (χ0v) is 13.5. The Morgan fingerprint density at radius 2 is 1.64 bits per heavy atom. The van der Waals surface area contributed by atoms with Gasteiger partial charge in [0.1, 0.15) is 0 Å². The van der Waals surface area contributed by atoms with Crippen LogP contribution in [0.25, 0.3) is 0 Å².